The van der Waals surface area contributed by atoms with Crippen molar-refractivity contribution in [1.29, 1.82) is 5.26 Å². The molecule has 1 fully saturated rings. The lowest BCUT2D eigenvalue weighted by molar-refractivity contribution is 0.103. The molecule has 0 aliphatic carbocycles. The molecule has 0 spiro atoms. The van der Waals surface area contributed by atoms with Gasteiger partial charge in [0.25, 0.3) is 0 Å². The second-order valence-electron chi connectivity index (χ2n) is 7.60. The summed E-state index contributed by atoms with van der Waals surface area (Å²) in [6, 6.07) is 17.5. The normalized spacial score (nSPS) is 16.1. The molecule has 2 aromatic carbocycles. The van der Waals surface area contributed by atoms with Crippen LogP contribution in [0.1, 0.15) is 40.2 Å². The minimum absolute atomic E-state index is 0.187. The molecule has 2 heterocycles. The molecule has 0 radical (unpaired) electrons. The minimum Gasteiger partial charge on any atom is -0.308 e. The van der Waals surface area contributed by atoms with E-state index in [1.807, 2.05) is 30.3 Å². The molecule has 6 nitrogen and oxygen atoms in total. The van der Waals surface area contributed by atoms with Crippen LogP contribution in [0.4, 0.5) is 4.39 Å². The molecule has 30 heavy (non-hydrogen) atoms. The van der Waals surface area contributed by atoms with E-state index in [4.69, 9.17) is 0 Å². The number of halogens is 1. The standard InChI is InChI=1S/C23H21FN4O2/c24-18-8-6-16(7-9-18)21(29)20-19(26-22(30)27-20)14-28-12-10-23(15-25,11-13-28)17-4-2-1-3-5-17/h1-9H,10-14H2,(H2,26,27,30). The predicted octanol–water partition coefficient (Wildman–Crippen LogP) is 3.13. The average Bonchev–Trinajstić information content (AvgIpc) is 3.15. The zero-order valence-electron chi connectivity index (χ0n) is 16.3. The third-order valence-electron chi connectivity index (χ3n) is 5.77. The topological polar surface area (TPSA) is 92.8 Å². The Hall–Kier alpha value is -3.50. The van der Waals surface area contributed by atoms with Gasteiger partial charge in [-0.15, -0.1) is 0 Å². The first-order valence-electron chi connectivity index (χ1n) is 9.81. The lowest BCUT2D eigenvalue weighted by Gasteiger charge is -2.37. The molecule has 0 amide bonds. The fourth-order valence-corrected chi connectivity index (χ4v) is 4.02. The Morgan fingerprint density at radius 1 is 1.07 bits per heavy atom. The van der Waals surface area contributed by atoms with Crippen molar-refractivity contribution in [3.63, 3.8) is 0 Å². The zero-order chi connectivity index (χ0) is 21.1. The fraction of sp³-hybridized carbons (Fsp3) is 0.261. The second kappa shape index (κ2) is 8.09. The summed E-state index contributed by atoms with van der Waals surface area (Å²) in [5, 5.41) is 9.84. The van der Waals surface area contributed by atoms with Gasteiger partial charge in [0.1, 0.15) is 11.5 Å². The smallest absolute Gasteiger partial charge is 0.308 e. The number of hydrogen-bond donors (Lipinski definition) is 2. The maximum absolute atomic E-state index is 13.2. The summed E-state index contributed by atoms with van der Waals surface area (Å²) in [7, 11) is 0. The van der Waals surface area contributed by atoms with Gasteiger partial charge in [0.15, 0.2) is 0 Å². The highest BCUT2D eigenvalue weighted by Crippen LogP contribution is 2.35. The number of rotatable bonds is 5. The van der Waals surface area contributed by atoms with Crippen LogP contribution in [0.5, 0.6) is 0 Å². The SMILES string of the molecule is N#CC1(c2ccccc2)CCN(Cc2[nH]c(=O)[nH]c2C(=O)c2ccc(F)cc2)CC1. The number of nitrogens with zero attached hydrogens (tertiary/aromatic N) is 2. The first-order valence-corrected chi connectivity index (χ1v) is 9.81. The Balaban J connectivity index is 1.50. The number of imidazole rings is 1. The molecular formula is C23H21FN4O2. The predicted molar refractivity (Wildman–Crippen MR) is 109 cm³/mol. The molecule has 4 rings (SSSR count). The second-order valence-corrected chi connectivity index (χ2v) is 7.60. The van der Waals surface area contributed by atoms with Crippen molar-refractivity contribution in [2.24, 2.45) is 0 Å². The number of aromatic amines is 2. The van der Waals surface area contributed by atoms with Crippen molar-refractivity contribution in [1.82, 2.24) is 14.9 Å². The quantitative estimate of drug-likeness (QED) is 0.639. The van der Waals surface area contributed by atoms with Gasteiger partial charge in [-0.1, -0.05) is 30.3 Å². The molecule has 1 aromatic heterocycles. The Labute approximate surface area is 173 Å². The lowest BCUT2D eigenvalue weighted by atomic mass is 9.74. The number of ketones is 1. The number of carbonyl (C=O) groups excluding carboxylic acids is 1. The van der Waals surface area contributed by atoms with Crippen LogP contribution in [0.25, 0.3) is 0 Å². The Morgan fingerprint density at radius 3 is 2.37 bits per heavy atom. The number of piperidine rings is 1. The summed E-state index contributed by atoms with van der Waals surface area (Å²) in [5.74, 6) is -0.793. The van der Waals surface area contributed by atoms with Gasteiger partial charge in [0.2, 0.25) is 5.78 Å². The largest absolute Gasteiger partial charge is 0.323 e. The maximum Gasteiger partial charge on any atom is 0.323 e. The summed E-state index contributed by atoms with van der Waals surface area (Å²) >= 11 is 0. The number of likely N-dealkylation sites (tertiary alicyclic amines) is 1. The van der Waals surface area contributed by atoms with Crippen LogP contribution in [0.3, 0.4) is 0 Å². The Morgan fingerprint density at radius 2 is 1.73 bits per heavy atom. The first kappa shape index (κ1) is 19.8. The number of benzene rings is 2. The van der Waals surface area contributed by atoms with Gasteiger partial charge in [-0.05, 0) is 42.7 Å². The minimum atomic E-state index is -0.518. The molecular weight excluding hydrogens is 383 g/mol. The van der Waals surface area contributed by atoms with Crippen molar-refractivity contribution >= 4 is 5.78 Å². The van der Waals surface area contributed by atoms with E-state index in [0.29, 0.717) is 43.7 Å². The monoisotopic (exact) mass is 404 g/mol. The summed E-state index contributed by atoms with van der Waals surface area (Å²) < 4.78 is 13.2. The van der Waals surface area contributed by atoms with Crippen molar-refractivity contribution in [2.75, 3.05) is 13.1 Å². The highest BCUT2D eigenvalue weighted by Gasteiger charge is 2.36. The van der Waals surface area contributed by atoms with Gasteiger partial charge >= 0.3 is 5.69 Å². The average molecular weight is 404 g/mol. The van der Waals surface area contributed by atoms with Gasteiger partial charge < -0.3 is 9.97 Å². The molecule has 0 saturated carbocycles. The summed E-state index contributed by atoms with van der Waals surface area (Å²) in [4.78, 5) is 32.1. The van der Waals surface area contributed by atoms with Crippen LogP contribution in [-0.2, 0) is 12.0 Å². The van der Waals surface area contributed by atoms with E-state index < -0.39 is 16.9 Å². The summed E-state index contributed by atoms with van der Waals surface area (Å²) in [6.07, 6.45) is 1.34. The van der Waals surface area contributed by atoms with Gasteiger partial charge in [-0.2, -0.15) is 5.26 Å². The van der Waals surface area contributed by atoms with Crippen LogP contribution >= 0.6 is 0 Å². The molecule has 1 saturated heterocycles. The molecule has 1 aliphatic rings. The van der Waals surface area contributed by atoms with E-state index in [0.717, 1.165) is 5.56 Å². The molecule has 152 valence electrons. The van der Waals surface area contributed by atoms with Crippen LogP contribution in [0.2, 0.25) is 0 Å². The van der Waals surface area contributed by atoms with Gasteiger partial charge in [0.05, 0.1) is 17.2 Å². The van der Waals surface area contributed by atoms with E-state index in [9.17, 15) is 19.2 Å². The fourth-order valence-electron chi connectivity index (χ4n) is 4.02. The molecule has 0 atom stereocenters. The summed E-state index contributed by atoms with van der Waals surface area (Å²) in [5.41, 5.74) is 1.04. The van der Waals surface area contributed by atoms with Crippen LogP contribution in [-0.4, -0.2) is 33.7 Å². The van der Waals surface area contributed by atoms with E-state index in [1.54, 1.807) is 0 Å². The number of nitrogens with one attached hydrogen (secondary N) is 2. The van der Waals surface area contributed by atoms with Crippen molar-refractivity contribution in [3.8, 4) is 6.07 Å². The van der Waals surface area contributed by atoms with Crippen LogP contribution < -0.4 is 5.69 Å². The number of nitriles is 1. The van der Waals surface area contributed by atoms with Gasteiger partial charge in [-0.25, -0.2) is 9.18 Å². The maximum atomic E-state index is 13.2. The molecule has 7 heteroatoms. The molecule has 2 N–H and O–H groups in total. The molecule has 1 aliphatic heterocycles. The van der Waals surface area contributed by atoms with Crippen LogP contribution in [0, 0.1) is 17.1 Å². The molecule has 0 unspecified atom stereocenters. The molecule has 3 aromatic rings. The number of aromatic nitrogens is 2. The van der Waals surface area contributed by atoms with E-state index >= 15 is 0 Å². The van der Waals surface area contributed by atoms with Gasteiger partial charge in [0, 0.05) is 25.2 Å². The first-order chi connectivity index (χ1) is 14.5. The van der Waals surface area contributed by atoms with Crippen molar-refractivity contribution in [2.45, 2.75) is 24.8 Å². The number of H-pyrrole nitrogens is 2. The lowest BCUT2D eigenvalue weighted by Crippen LogP contribution is -2.41. The molecule has 0 bridgehead atoms. The van der Waals surface area contributed by atoms with E-state index in [1.165, 1.54) is 24.3 Å². The van der Waals surface area contributed by atoms with E-state index in [2.05, 4.69) is 20.9 Å². The summed E-state index contributed by atoms with van der Waals surface area (Å²) in [6.45, 7) is 1.72. The zero-order valence-corrected chi connectivity index (χ0v) is 16.3. The Bertz CT molecular complexity index is 1130. The van der Waals surface area contributed by atoms with Crippen molar-refractivity contribution in [3.05, 3.63) is 93.4 Å². The highest BCUT2D eigenvalue weighted by molar-refractivity contribution is 6.08. The number of hydrogen-bond acceptors (Lipinski definition) is 4. The van der Waals surface area contributed by atoms with Gasteiger partial charge in [-0.3, -0.25) is 9.69 Å². The highest BCUT2D eigenvalue weighted by atomic mass is 19.1. The third kappa shape index (κ3) is 3.82. The van der Waals surface area contributed by atoms with Crippen molar-refractivity contribution < 1.29 is 9.18 Å². The third-order valence-corrected chi connectivity index (χ3v) is 5.77. The Kier molecular flexibility index (Phi) is 5.34. The van der Waals surface area contributed by atoms with Crippen LogP contribution in [0.15, 0.2) is 59.4 Å². The van der Waals surface area contributed by atoms with E-state index in [-0.39, 0.29) is 11.5 Å². The number of carbonyl (C=O) groups is 1.